The van der Waals surface area contributed by atoms with Crippen LogP contribution in [0.3, 0.4) is 0 Å². The maximum Gasteiger partial charge on any atom is 0.234 e. The molecule has 0 spiro atoms. The lowest BCUT2D eigenvalue weighted by atomic mass is 10.2. The minimum Gasteiger partial charge on any atom is -0.374 e. The Morgan fingerprint density at radius 3 is 2.64 bits per heavy atom. The maximum atomic E-state index is 12.2. The summed E-state index contributed by atoms with van der Waals surface area (Å²) in [6.07, 6.45) is 0.997. The van der Waals surface area contributed by atoms with E-state index in [0.717, 1.165) is 52.3 Å². The minimum atomic E-state index is 0.0425. The summed E-state index contributed by atoms with van der Waals surface area (Å²) in [4.78, 5) is 30.1. The van der Waals surface area contributed by atoms with E-state index in [4.69, 9.17) is 4.74 Å². The third kappa shape index (κ3) is 7.30. The Labute approximate surface area is 151 Å². The number of rotatable bonds is 6. The Balaban J connectivity index is 1.67. The van der Waals surface area contributed by atoms with E-state index >= 15 is 0 Å². The molecule has 1 atom stereocenters. The van der Waals surface area contributed by atoms with Crippen molar-refractivity contribution in [3.05, 3.63) is 0 Å². The second kappa shape index (κ2) is 10.1. The van der Waals surface area contributed by atoms with Crippen LogP contribution in [0.4, 0.5) is 0 Å². The third-order valence-corrected chi connectivity index (χ3v) is 4.77. The number of hydrogen-bond donors (Lipinski definition) is 1. The molecule has 7 heteroatoms. The Morgan fingerprint density at radius 1 is 1.12 bits per heavy atom. The van der Waals surface area contributed by atoms with Gasteiger partial charge in [0.15, 0.2) is 0 Å². The molecule has 0 aromatic heterocycles. The van der Waals surface area contributed by atoms with E-state index in [-0.39, 0.29) is 17.9 Å². The third-order valence-electron chi connectivity index (χ3n) is 4.77. The van der Waals surface area contributed by atoms with Crippen molar-refractivity contribution < 1.29 is 14.3 Å². The van der Waals surface area contributed by atoms with E-state index < -0.39 is 0 Å². The van der Waals surface area contributed by atoms with Gasteiger partial charge >= 0.3 is 0 Å². The van der Waals surface area contributed by atoms with Gasteiger partial charge in [0, 0.05) is 59.3 Å². The standard InChI is InChI=1S/C18H34N4O3/c1-15(2)12-21-9-10-25-17(13-21)11-19-18(24)14-20-5-4-6-22(8-7-20)16(3)23/h15,17H,4-14H2,1-3H3,(H,19,24). The molecule has 2 saturated heterocycles. The van der Waals surface area contributed by atoms with Crippen LogP contribution in [0.25, 0.3) is 0 Å². The molecule has 2 aliphatic rings. The molecule has 2 fully saturated rings. The largest absolute Gasteiger partial charge is 0.374 e. The average Bonchev–Trinajstić information content (AvgIpc) is 2.78. The highest BCUT2D eigenvalue weighted by Crippen LogP contribution is 2.07. The summed E-state index contributed by atoms with van der Waals surface area (Å²) in [6.45, 7) is 13.8. The summed E-state index contributed by atoms with van der Waals surface area (Å²) in [5, 5.41) is 3.02. The van der Waals surface area contributed by atoms with Crippen LogP contribution in [0.2, 0.25) is 0 Å². The zero-order chi connectivity index (χ0) is 18.2. The maximum absolute atomic E-state index is 12.2. The highest BCUT2D eigenvalue weighted by atomic mass is 16.5. The van der Waals surface area contributed by atoms with Crippen LogP contribution in [-0.2, 0) is 14.3 Å². The topological polar surface area (TPSA) is 65.1 Å². The van der Waals surface area contributed by atoms with Crippen LogP contribution >= 0.6 is 0 Å². The van der Waals surface area contributed by atoms with Gasteiger partial charge in [-0.2, -0.15) is 0 Å². The zero-order valence-electron chi connectivity index (χ0n) is 16.0. The fourth-order valence-corrected chi connectivity index (χ4v) is 3.52. The van der Waals surface area contributed by atoms with Gasteiger partial charge in [0.25, 0.3) is 0 Å². The fraction of sp³-hybridized carbons (Fsp3) is 0.889. The van der Waals surface area contributed by atoms with Gasteiger partial charge in [-0.25, -0.2) is 0 Å². The fourth-order valence-electron chi connectivity index (χ4n) is 3.52. The Hall–Kier alpha value is -1.18. The second-order valence-electron chi connectivity index (χ2n) is 7.59. The summed E-state index contributed by atoms with van der Waals surface area (Å²) in [7, 11) is 0. The molecule has 25 heavy (non-hydrogen) atoms. The van der Waals surface area contributed by atoms with Crippen LogP contribution in [0.1, 0.15) is 27.2 Å². The summed E-state index contributed by atoms with van der Waals surface area (Å²) >= 11 is 0. The molecule has 7 nitrogen and oxygen atoms in total. The summed E-state index contributed by atoms with van der Waals surface area (Å²) < 4.78 is 5.78. The van der Waals surface area contributed by atoms with Gasteiger partial charge in [0.1, 0.15) is 0 Å². The molecule has 1 N–H and O–H groups in total. The summed E-state index contributed by atoms with van der Waals surface area (Å²) in [5.74, 6) is 0.804. The van der Waals surface area contributed by atoms with Crippen LogP contribution in [0, 0.1) is 5.92 Å². The lowest BCUT2D eigenvalue weighted by molar-refractivity contribution is -0.128. The first-order valence-electron chi connectivity index (χ1n) is 9.52. The summed E-state index contributed by atoms with van der Waals surface area (Å²) in [6, 6.07) is 0. The normalized spacial score (nSPS) is 23.5. The van der Waals surface area contributed by atoms with E-state index in [1.165, 1.54) is 0 Å². The first-order valence-corrected chi connectivity index (χ1v) is 9.52. The molecular weight excluding hydrogens is 320 g/mol. The Morgan fingerprint density at radius 2 is 1.92 bits per heavy atom. The van der Waals surface area contributed by atoms with Crippen molar-refractivity contribution in [2.45, 2.75) is 33.3 Å². The van der Waals surface area contributed by atoms with Gasteiger partial charge in [-0.05, 0) is 12.3 Å². The average molecular weight is 354 g/mol. The van der Waals surface area contributed by atoms with E-state index in [1.807, 2.05) is 4.90 Å². The number of nitrogens with zero attached hydrogens (tertiary/aromatic N) is 3. The van der Waals surface area contributed by atoms with Crippen molar-refractivity contribution >= 4 is 11.8 Å². The predicted molar refractivity (Wildman–Crippen MR) is 97.3 cm³/mol. The van der Waals surface area contributed by atoms with Gasteiger partial charge in [0.2, 0.25) is 11.8 Å². The summed E-state index contributed by atoms with van der Waals surface area (Å²) in [5.41, 5.74) is 0. The van der Waals surface area contributed by atoms with Crippen molar-refractivity contribution in [2.24, 2.45) is 5.92 Å². The van der Waals surface area contributed by atoms with Gasteiger partial charge < -0.3 is 15.0 Å². The predicted octanol–water partition coefficient (Wildman–Crippen LogP) is 0.0136. The van der Waals surface area contributed by atoms with E-state index in [1.54, 1.807) is 6.92 Å². The van der Waals surface area contributed by atoms with Crippen molar-refractivity contribution in [3.63, 3.8) is 0 Å². The van der Waals surface area contributed by atoms with E-state index in [9.17, 15) is 9.59 Å². The molecule has 0 saturated carbocycles. The molecular formula is C18H34N4O3. The second-order valence-corrected chi connectivity index (χ2v) is 7.59. The lowest BCUT2D eigenvalue weighted by Gasteiger charge is -2.34. The monoisotopic (exact) mass is 354 g/mol. The first-order chi connectivity index (χ1) is 11.9. The molecule has 144 valence electrons. The molecule has 2 aliphatic heterocycles. The minimum absolute atomic E-state index is 0.0425. The number of ether oxygens (including phenoxy) is 1. The lowest BCUT2D eigenvalue weighted by Crippen LogP contribution is -2.49. The molecule has 0 bridgehead atoms. The highest BCUT2D eigenvalue weighted by Gasteiger charge is 2.22. The number of morpholine rings is 1. The highest BCUT2D eigenvalue weighted by molar-refractivity contribution is 5.78. The Kier molecular flexibility index (Phi) is 8.12. The molecule has 0 aromatic rings. The number of nitrogens with one attached hydrogen (secondary N) is 1. The molecule has 2 rings (SSSR count). The number of amides is 2. The number of carbonyl (C=O) groups is 2. The quantitative estimate of drug-likeness (QED) is 0.728. The van der Waals surface area contributed by atoms with Crippen LogP contribution in [0.15, 0.2) is 0 Å². The number of carbonyl (C=O) groups excluding carboxylic acids is 2. The molecule has 0 aliphatic carbocycles. The molecule has 2 heterocycles. The molecule has 2 amide bonds. The molecule has 1 unspecified atom stereocenters. The van der Waals surface area contributed by atoms with Crippen molar-refractivity contribution in [2.75, 3.05) is 65.5 Å². The number of hydrogen-bond acceptors (Lipinski definition) is 5. The van der Waals surface area contributed by atoms with Gasteiger partial charge in [-0.1, -0.05) is 13.8 Å². The van der Waals surface area contributed by atoms with Gasteiger partial charge in [-0.3, -0.25) is 19.4 Å². The van der Waals surface area contributed by atoms with Crippen LogP contribution in [0.5, 0.6) is 0 Å². The van der Waals surface area contributed by atoms with Gasteiger partial charge in [0.05, 0.1) is 19.3 Å². The smallest absolute Gasteiger partial charge is 0.234 e. The van der Waals surface area contributed by atoms with Crippen LogP contribution < -0.4 is 5.32 Å². The molecule has 0 aromatic carbocycles. The first kappa shape index (κ1) is 20.1. The Bertz CT molecular complexity index is 444. The SMILES string of the molecule is CC(=O)N1CCCN(CC(=O)NCC2CN(CC(C)C)CCO2)CC1. The zero-order valence-corrected chi connectivity index (χ0v) is 16.0. The van der Waals surface area contributed by atoms with Crippen LogP contribution in [-0.4, -0.2) is 98.1 Å². The van der Waals surface area contributed by atoms with E-state index in [2.05, 4.69) is 29.0 Å². The van der Waals surface area contributed by atoms with Crippen molar-refractivity contribution in [1.29, 1.82) is 0 Å². The molecule has 0 radical (unpaired) electrons. The van der Waals surface area contributed by atoms with Crippen molar-refractivity contribution in [3.8, 4) is 0 Å². The van der Waals surface area contributed by atoms with Crippen molar-refractivity contribution in [1.82, 2.24) is 20.0 Å². The van der Waals surface area contributed by atoms with Gasteiger partial charge in [-0.15, -0.1) is 0 Å². The van der Waals surface area contributed by atoms with E-state index in [0.29, 0.717) is 25.6 Å².